The van der Waals surface area contributed by atoms with Gasteiger partial charge in [0.05, 0.1) is 16.8 Å². The number of fused-ring (bicyclic) bond motifs is 5. The molecule has 4 nitrogen and oxygen atoms in total. The molecule has 0 bridgehead atoms. The zero-order chi connectivity index (χ0) is 27.0. The molecule has 2 N–H and O–H groups in total. The number of carbonyl (C=O) groups is 2. The molecular formula is C28H34F6N2O2. The van der Waals surface area contributed by atoms with Gasteiger partial charge in [-0.15, -0.1) is 0 Å². The van der Waals surface area contributed by atoms with Gasteiger partial charge in [0.1, 0.15) is 0 Å². The fraction of sp³-hybridized carbons (Fsp3) is 0.643. The maximum atomic E-state index is 13.6. The Morgan fingerprint density at radius 3 is 2.34 bits per heavy atom. The predicted molar refractivity (Wildman–Crippen MR) is 131 cm³/mol. The van der Waals surface area contributed by atoms with Gasteiger partial charge in [-0.1, -0.05) is 27.4 Å². The molecule has 7 atom stereocenters. The average Bonchev–Trinajstić information content (AvgIpc) is 3.15. The van der Waals surface area contributed by atoms with E-state index in [-0.39, 0.29) is 30.7 Å². The van der Waals surface area contributed by atoms with E-state index in [0.717, 1.165) is 25.7 Å². The van der Waals surface area contributed by atoms with Gasteiger partial charge < -0.3 is 10.6 Å². The Balaban J connectivity index is 0.00000336. The molecule has 38 heavy (non-hydrogen) atoms. The minimum atomic E-state index is -4.91. The van der Waals surface area contributed by atoms with Gasteiger partial charge in [0.2, 0.25) is 11.8 Å². The molecule has 0 aromatic heterocycles. The van der Waals surface area contributed by atoms with Crippen LogP contribution in [0.4, 0.5) is 32.0 Å². The largest absolute Gasteiger partial charge is 0.418 e. The minimum Gasteiger partial charge on any atom is -0.349 e. The second-order valence-electron chi connectivity index (χ2n) is 11.6. The summed E-state index contributed by atoms with van der Waals surface area (Å²) in [5.74, 6) is -0.555. The smallest absolute Gasteiger partial charge is 0.349 e. The quantitative estimate of drug-likeness (QED) is 0.387. The van der Waals surface area contributed by atoms with E-state index >= 15 is 0 Å². The van der Waals surface area contributed by atoms with E-state index in [4.69, 9.17) is 0 Å². The lowest BCUT2D eigenvalue weighted by atomic mass is 9.48. The van der Waals surface area contributed by atoms with Crippen molar-refractivity contribution >= 4 is 17.5 Å². The Labute approximate surface area is 218 Å². The lowest BCUT2D eigenvalue weighted by Gasteiger charge is -2.58. The van der Waals surface area contributed by atoms with E-state index in [1.54, 1.807) is 6.08 Å². The number of nitrogens with one attached hydrogen (secondary N) is 2. The maximum Gasteiger partial charge on any atom is 0.418 e. The highest BCUT2D eigenvalue weighted by atomic mass is 19.4. The van der Waals surface area contributed by atoms with Crippen LogP contribution in [0.25, 0.3) is 0 Å². The summed E-state index contributed by atoms with van der Waals surface area (Å²) >= 11 is 0. The summed E-state index contributed by atoms with van der Waals surface area (Å²) in [6, 6.07) is 1.18. The number of amides is 2. The molecule has 0 radical (unpaired) electrons. The SMILES string of the molecule is C.CC12C=CC(=O)NC1CCC1C2CCC2(C)C(C(=O)Nc3cc(C(F)(F)F)ccc3C(F)(F)F)CCC12. The Morgan fingerprint density at radius 1 is 0.974 bits per heavy atom. The summed E-state index contributed by atoms with van der Waals surface area (Å²) in [5, 5.41) is 5.33. The van der Waals surface area contributed by atoms with Crippen LogP contribution in [-0.4, -0.2) is 17.9 Å². The highest BCUT2D eigenvalue weighted by Crippen LogP contribution is 2.65. The van der Waals surface area contributed by atoms with Crippen molar-refractivity contribution in [3.05, 3.63) is 41.5 Å². The Morgan fingerprint density at radius 2 is 1.68 bits per heavy atom. The van der Waals surface area contributed by atoms with Crippen molar-refractivity contribution in [1.29, 1.82) is 0 Å². The zero-order valence-corrected chi connectivity index (χ0v) is 20.6. The number of hydrogen-bond acceptors (Lipinski definition) is 2. The summed E-state index contributed by atoms with van der Waals surface area (Å²) in [6.45, 7) is 4.17. The maximum absolute atomic E-state index is 13.6. The van der Waals surface area contributed by atoms with Crippen LogP contribution in [-0.2, 0) is 21.9 Å². The number of benzene rings is 1. The third-order valence-electron chi connectivity index (χ3n) is 9.91. The first-order valence-corrected chi connectivity index (χ1v) is 12.7. The van der Waals surface area contributed by atoms with Gasteiger partial charge in [-0.2, -0.15) is 26.3 Å². The molecule has 4 aliphatic rings. The van der Waals surface area contributed by atoms with Crippen molar-refractivity contribution in [3.63, 3.8) is 0 Å². The molecule has 10 heteroatoms. The van der Waals surface area contributed by atoms with Crippen LogP contribution in [0.15, 0.2) is 30.4 Å². The molecule has 5 rings (SSSR count). The highest BCUT2D eigenvalue weighted by Gasteiger charge is 2.61. The van der Waals surface area contributed by atoms with E-state index in [2.05, 4.69) is 17.6 Å². The number of rotatable bonds is 2. The zero-order valence-electron chi connectivity index (χ0n) is 20.6. The molecule has 1 aromatic carbocycles. The lowest BCUT2D eigenvalue weighted by molar-refractivity contribution is -0.141. The summed E-state index contributed by atoms with van der Waals surface area (Å²) in [5.41, 5.74) is -4.06. The molecule has 2 amide bonds. The number of halogens is 6. The second kappa shape index (κ2) is 9.30. The van der Waals surface area contributed by atoms with Crippen LogP contribution in [0, 0.1) is 34.5 Å². The molecule has 3 saturated carbocycles. The molecule has 7 unspecified atom stereocenters. The van der Waals surface area contributed by atoms with Crippen LogP contribution >= 0.6 is 0 Å². The van der Waals surface area contributed by atoms with Crippen molar-refractivity contribution in [1.82, 2.24) is 5.32 Å². The van der Waals surface area contributed by atoms with E-state index < -0.39 is 46.4 Å². The normalized spacial score (nSPS) is 36.3. The number of carbonyl (C=O) groups excluding carboxylic acids is 2. The van der Waals surface area contributed by atoms with Crippen LogP contribution in [0.2, 0.25) is 0 Å². The van der Waals surface area contributed by atoms with Crippen LogP contribution < -0.4 is 10.6 Å². The van der Waals surface area contributed by atoms with Crippen LogP contribution in [0.5, 0.6) is 0 Å². The summed E-state index contributed by atoms with van der Waals surface area (Å²) in [7, 11) is 0. The van der Waals surface area contributed by atoms with Gasteiger partial charge in [0, 0.05) is 17.4 Å². The van der Waals surface area contributed by atoms with Gasteiger partial charge in [-0.05, 0) is 86.0 Å². The summed E-state index contributed by atoms with van der Waals surface area (Å²) in [6.07, 6.45) is -1.73. The molecule has 3 fully saturated rings. The number of hydrogen-bond donors (Lipinski definition) is 2. The lowest BCUT2D eigenvalue weighted by Crippen LogP contribution is -2.59. The Kier molecular flexibility index (Phi) is 6.97. The van der Waals surface area contributed by atoms with Crippen molar-refractivity contribution in [3.8, 4) is 0 Å². The molecule has 210 valence electrons. The summed E-state index contributed by atoms with van der Waals surface area (Å²) in [4.78, 5) is 25.3. The average molecular weight is 545 g/mol. The Hall–Kier alpha value is -2.52. The molecular weight excluding hydrogens is 510 g/mol. The van der Waals surface area contributed by atoms with E-state index in [0.29, 0.717) is 42.9 Å². The van der Waals surface area contributed by atoms with Gasteiger partial charge in [-0.3, -0.25) is 9.59 Å². The van der Waals surface area contributed by atoms with Gasteiger partial charge >= 0.3 is 12.4 Å². The molecule has 1 heterocycles. The molecule has 1 aliphatic heterocycles. The van der Waals surface area contributed by atoms with E-state index in [1.165, 1.54) is 0 Å². The minimum absolute atomic E-state index is 0. The van der Waals surface area contributed by atoms with Crippen LogP contribution in [0.1, 0.15) is 70.9 Å². The first-order chi connectivity index (χ1) is 17.1. The molecule has 0 saturated heterocycles. The van der Waals surface area contributed by atoms with Gasteiger partial charge in [0.15, 0.2) is 0 Å². The van der Waals surface area contributed by atoms with Crippen molar-refractivity contribution in [2.45, 2.75) is 78.2 Å². The predicted octanol–water partition coefficient (Wildman–Crippen LogP) is 7.21. The Bertz CT molecular complexity index is 1150. The second-order valence-corrected chi connectivity index (χ2v) is 11.6. The fourth-order valence-corrected chi connectivity index (χ4v) is 8.06. The molecule has 1 aromatic rings. The van der Waals surface area contributed by atoms with Gasteiger partial charge in [-0.25, -0.2) is 0 Å². The summed E-state index contributed by atoms with van der Waals surface area (Å²) < 4.78 is 80.4. The van der Waals surface area contributed by atoms with Gasteiger partial charge in [0.25, 0.3) is 0 Å². The highest BCUT2D eigenvalue weighted by molar-refractivity contribution is 5.94. The first kappa shape index (κ1) is 28.5. The monoisotopic (exact) mass is 544 g/mol. The topological polar surface area (TPSA) is 58.2 Å². The number of alkyl halides is 6. The molecule has 0 spiro atoms. The van der Waals surface area contributed by atoms with E-state index in [9.17, 15) is 35.9 Å². The molecule has 3 aliphatic carbocycles. The fourth-order valence-electron chi connectivity index (χ4n) is 8.06. The third-order valence-corrected chi connectivity index (χ3v) is 9.91. The van der Waals surface area contributed by atoms with E-state index in [1.807, 2.05) is 13.0 Å². The first-order valence-electron chi connectivity index (χ1n) is 12.7. The van der Waals surface area contributed by atoms with Crippen molar-refractivity contribution in [2.24, 2.45) is 34.5 Å². The standard InChI is InChI=1S/C27H30F6N2O2.CH4/c1-24-11-9-17-15(4-8-21-25(17,2)12-10-22(36)35-21)16(24)6-7-19(24)23(37)34-20-13-14(26(28,29)30)3-5-18(20)27(31,32)33;/h3,5,10,12-13,15-17,19,21H,4,6-9,11H2,1-2H3,(H,34,37)(H,35,36);1H4. The number of anilines is 1. The van der Waals surface area contributed by atoms with Crippen LogP contribution in [0.3, 0.4) is 0 Å². The van der Waals surface area contributed by atoms with Crippen molar-refractivity contribution in [2.75, 3.05) is 5.32 Å². The third kappa shape index (κ3) is 4.51. The van der Waals surface area contributed by atoms with Crippen molar-refractivity contribution < 1.29 is 35.9 Å².